The molecule has 0 aliphatic heterocycles. The van der Waals surface area contributed by atoms with E-state index in [0.29, 0.717) is 17.5 Å². The van der Waals surface area contributed by atoms with E-state index in [1.54, 1.807) is 0 Å². The van der Waals surface area contributed by atoms with Crippen LogP contribution in [-0.2, 0) is 0 Å². The van der Waals surface area contributed by atoms with Crippen LogP contribution in [0.1, 0.15) is 0 Å². The van der Waals surface area contributed by atoms with Crippen molar-refractivity contribution in [3.63, 3.8) is 0 Å². The lowest BCUT2D eigenvalue weighted by molar-refractivity contribution is 0.669. The number of fused-ring (bicyclic) bond motifs is 11. The Morgan fingerprint density at radius 2 is 0.911 bits per heavy atom. The van der Waals surface area contributed by atoms with Crippen LogP contribution in [0.5, 0.6) is 0 Å². The molecule has 0 radical (unpaired) electrons. The molecule has 260 valence electrons. The molecule has 12 aromatic rings. The van der Waals surface area contributed by atoms with E-state index in [9.17, 15) is 0 Å². The normalized spacial score (nSPS) is 11.9. The summed E-state index contributed by atoms with van der Waals surface area (Å²) in [7, 11) is 0. The van der Waals surface area contributed by atoms with Gasteiger partial charge in [0.1, 0.15) is 22.3 Å². The summed E-state index contributed by atoms with van der Waals surface area (Å²) in [5.74, 6) is 1.82. The fourth-order valence-corrected chi connectivity index (χ4v) is 8.54. The summed E-state index contributed by atoms with van der Waals surface area (Å²) in [6.45, 7) is 0. The lowest BCUT2D eigenvalue weighted by Crippen LogP contribution is -2.01. The zero-order valence-corrected chi connectivity index (χ0v) is 29.9. The van der Waals surface area contributed by atoms with Crippen LogP contribution >= 0.6 is 0 Å². The topological polar surface area (TPSA) is 65.0 Å². The van der Waals surface area contributed by atoms with Crippen LogP contribution in [0.2, 0.25) is 0 Å². The van der Waals surface area contributed by atoms with Gasteiger partial charge in [-0.25, -0.2) is 15.0 Å². The Bertz CT molecular complexity index is 3550. The first-order chi connectivity index (χ1) is 27.7. The molecule has 0 bridgehead atoms. The van der Waals surface area contributed by atoms with Crippen molar-refractivity contribution in [1.29, 1.82) is 0 Å². The van der Waals surface area contributed by atoms with E-state index in [-0.39, 0.29) is 0 Å². The van der Waals surface area contributed by atoms with E-state index in [1.807, 2.05) is 54.6 Å². The summed E-state index contributed by atoms with van der Waals surface area (Å²) in [5.41, 5.74) is 8.24. The molecule has 0 fully saturated rings. The Kier molecular flexibility index (Phi) is 6.56. The molecule has 0 aliphatic carbocycles. The summed E-state index contributed by atoms with van der Waals surface area (Å²) in [5, 5.41) is 11.0. The van der Waals surface area contributed by atoms with Crippen LogP contribution in [0.4, 0.5) is 0 Å². The number of aromatic nitrogens is 3. The number of para-hydroxylation sites is 1. The standard InChI is InChI=1S/C51H29N3O2/c1-2-13-30(14-3-1)49-52-50(54-51(53-49)42-28-31-15-4-6-17-34(31)36-19-8-9-20-37(36)42)40-22-12-24-44-46(40)39-26-25-33(29-45(39)55-44)41-27-32-16-5-7-18-35(32)48-47(41)38-21-10-11-23-43(38)56-48/h1-29H. The van der Waals surface area contributed by atoms with Crippen LogP contribution in [0.15, 0.2) is 185 Å². The summed E-state index contributed by atoms with van der Waals surface area (Å²) in [6.07, 6.45) is 0. The molecule has 0 aliphatic rings. The van der Waals surface area contributed by atoms with Crippen molar-refractivity contribution in [1.82, 2.24) is 15.0 Å². The first-order valence-corrected chi connectivity index (χ1v) is 18.8. The predicted molar refractivity (Wildman–Crippen MR) is 229 cm³/mol. The van der Waals surface area contributed by atoms with Gasteiger partial charge in [-0.15, -0.1) is 0 Å². The van der Waals surface area contributed by atoms with Gasteiger partial charge < -0.3 is 8.83 Å². The highest BCUT2D eigenvalue weighted by atomic mass is 16.3. The van der Waals surface area contributed by atoms with E-state index in [2.05, 4.69) is 121 Å². The highest BCUT2D eigenvalue weighted by Gasteiger charge is 2.21. The van der Waals surface area contributed by atoms with E-state index in [0.717, 1.165) is 98.6 Å². The van der Waals surface area contributed by atoms with E-state index in [4.69, 9.17) is 23.8 Å². The molecule has 0 atom stereocenters. The molecule has 5 nitrogen and oxygen atoms in total. The predicted octanol–water partition coefficient (Wildman–Crippen LogP) is 13.8. The minimum absolute atomic E-state index is 0.588. The molecule has 0 N–H and O–H groups in total. The maximum absolute atomic E-state index is 6.69. The maximum Gasteiger partial charge on any atom is 0.164 e. The van der Waals surface area contributed by atoms with E-state index in [1.165, 1.54) is 5.39 Å². The molecule has 0 spiro atoms. The molecule has 0 unspecified atom stereocenters. The van der Waals surface area contributed by atoms with E-state index < -0.39 is 0 Å². The molecule has 9 aromatic carbocycles. The number of rotatable bonds is 4. The molecular formula is C51H29N3O2. The Morgan fingerprint density at radius 3 is 1.75 bits per heavy atom. The van der Waals surface area contributed by atoms with Crippen molar-refractivity contribution < 1.29 is 8.83 Å². The van der Waals surface area contributed by atoms with Gasteiger partial charge >= 0.3 is 0 Å². The van der Waals surface area contributed by atoms with Crippen LogP contribution in [0.25, 0.3) is 121 Å². The molecular weight excluding hydrogens is 687 g/mol. The summed E-state index contributed by atoms with van der Waals surface area (Å²) >= 11 is 0. The van der Waals surface area contributed by atoms with Crippen molar-refractivity contribution in [3.8, 4) is 45.3 Å². The maximum atomic E-state index is 6.69. The van der Waals surface area contributed by atoms with Gasteiger partial charge in [0, 0.05) is 43.6 Å². The SMILES string of the molecule is c1ccc(-c2nc(-c3cc4ccccc4c4ccccc34)nc(-c3cccc4oc5cc(-c6cc7ccccc7c7oc8ccccc8c67)ccc5c34)n2)cc1. The Balaban J connectivity index is 1.09. The average molecular weight is 716 g/mol. The first kappa shape index (κ1) is 30.8. The third kappa shape index (κ3) is 4.64. The Hall–Kier alpha value is -7.63. The van der Waals surface area contributed by atoms with Gasteiger partial charge in [-0.05, 0) is 74.5 Å². The first-order valence-electron chi connectivity index (χ1n) is 18.8. The molecule has 12 rings (SSSR count). The Labute approximate surface area is 320 Å². The Morgan fingerprint density at radius 1 is 0.304 bits per heavy atom. The van der Waals surface area contributed by atoms with Crippen LogP contribution in [-0.4, -0.2) is 15.0 Å². The van der Waals surface area contributed by atoms with Crippen molar-refractivity contribution in [2.75, 3.05) is 0 Å². The second-order valence-corrected chi connectivity index (χ2v) is 14.3. The van der Waals surface area contributed by atoms with Crippen molar-refractivity contribution in [2.45, 2.75) is 0 Å². The minimum atomic E-state index is 0.588. The minimum Gasteiger partial charge on any atom is -0.456 e. The zero-order chi connectivity index (χ0) is 36.7. The lowest BCUT2D eigenvalue weighted by Gasteiger charge is -2.12. The monoisotopic (exact) mass is 715 g/mol. The van der Waals surface area contributed by atoms with Crippen LogP contribution in [0.3, 0.4) is 0 Å². The quantitative estimate of drug-likeness (QED) is 0.170. The molecule has 0 saturated carbocycles. The highest BCUT2D eigenvalue weighted by molar-refractivity contribution is 6.22. The molecule has 56 heavy (non-hydrogen) atoms. The number of hydrogen-bond donors (Lipinski definition) is 0. The second-order valence-electron chi connectivity index (χ2n) is 14.3. The van der Waals surface area contributed by atoms with Gasteiger partial charge in [-0.1, -0.05) is 140 Å². The van der Waals surface area contributed by atoms with Gasteiger partial charge in [0.05, 0.1) is 0 Å². The fourth-order valence-electron chi connectivity index (χ4n) is 8.54. The van der Waals surface area contributed by atoms with Crippen molar-refractivity contribution in [3.05, 3.63) is 176 Å². The van der Waals surface area contributed by atoms with Gasteiger partial charge in [-0.3, -0.25) is 0 Å². The number of benzene rings is 9. The molecule has 0 saturated heterocycles. The number of nitrogens with zero attached hydrogens (tertiary/aromatic N) is 3. The third-order valence-electron chi connectivity index (χ3n) is 11.1. The summed E-state index contributed by atoms with van der Waals surface area (Å²) in [6, 6.07) is 60.9. The van der Waals surface area contributed by atoms with Crippen LogP contribution < -0.4 is 0 Å². The van der Waals surface area contributed by atoms with Crippen LogP contribution in [0, 0.1) is 0 Å². The molecule has 3 heterocycles. The molecule has 5 heteroatoms. The summed E-state index contributed by atoms with van der Waals surface area (Å²) in [4.78, 5) is 15.6. The summed E-state index contributed by atoms with van der Waals surface area (Å²) < 4.78 is 13.2. The molecule has 0 amide bonds. The smallest absolute Gasteiger partial charge is 0.164 e. The molecule has 3 aromatic heterocycles. The van der Waals surface area contributed by atoms with Gasteiger partial charge in [0.15, 0.2) is 17.5 Å². The van der Waals surface area contributed by atoms with Gasteiger partial charge in [-0.2, -0.15) is 0 Å². The van der Waals surface area contributed by atoms with Crippen molar-refractivity contribution in [2.24, 2.45) is 0 Å². The zero-order valence-electron chi connectivity index (χ0n) is 29.9. The highest BCUT2D eigenvalue weighted by Crippen LogP contribution is 2.44. The number of furan rings is 2. The van der Waals surface area contributed by atoms with E-state index >= 15 is 0 Å². The fraction of sp³-hybridized carbons (Fsp3) is 0. The van der Waals surface area contributed by atoms with Crippen molar-refractivity contribution >= 4 is 76.2 Å². The third-order valence-corrected chi connectivity index (χ3v) is 11.1. The number of hydrogen-bond acceptors (Lipinski definition) is 5. The second kappa shape index (κ2) is 11.9. The lowest BCUT2D eigenvalue weighted by atomic mass is 9.94. The van der Waals surface area contributed by atoms with Gasteiger partial charge in [0.25, 0.3) is 0 Å². The van der Waals surface area contributed by atoms with Gasteiger partial charge in [0.2, 0.25) is 0 Å². The average Bonchev–Trinajstić information content (AvgIpc) is 3.85. The largest absolute Gasteiger partial charge is 0.456 e.